The highest BCUT2D eigenvalue weighted by atomic mass is 19.4. The lowest BCUT2D eigenvalue weighted by Crippen LogP contribution is -2.04. The Bertz CT molecular complexity index is 1060. The first-order valence-corrected chi connectivity index (χ1v) is 7.45. The summed E-state index contributed by atoms with van der Waals surface area (Å²) in [4.78, 5) is 4.14. The Morgan fingerprint density at radius 3 is 2.46 bits per heavy atom. The minimum absolute atomic E-state index is 0.554. The molecule has 2 heterocycles. The van der Waals surface area contributed by atoms with Gasteiger partial charge < -0.3 is 4.57 Å². The second kappa shape index (κ2) is 5.09. The molecule has 0 radical (unpaired) electrons. The van der Waals surface area contributed by atoms with E-state index in [1.54, 1.807) is 18.5 Å². The standard InChI is InChI=1S/C19H13F3N2/c1-24-17-6-5-13(10-16(17)15-7-8-23-11-18(15)24)12-3-2-4-14(9-12)19(20,21)22/h2-11H,1H3. The zero-order valence-electron chi connectivity index (χ0n) is 12.8. The van der Waals surface area contributed by atoms with Crippen molar-refractivity contribution < 1.29 is 13.2 Å². The first-order chi connectivity index (χ1) is 11.4. The number of nitrogens with zero attached hydrogens (tertiary/aromatic N) is 2. The largest absolute Gasteiger partial charge is 0.416 e. The number of hydrogen-bond acceptors (Lipinski definition) is 1. The molecule has 0 N–H and O–H groups in total. The lowest BCUT2D eigenvalue weighted by atomic mass is 10.0. The molecule has 0 saturated carbocycles. The van der Waals surface area contributed by atoms with Crippen LogP contribution in [-0.2, 0) is 13.2 Å². The van der Waals surface area contributed by atoms with Crippen molar-refractivity contribution in [1.82, 2.24) is 9.55 Å². The zero-order valence-corrected chi connectivity index (χ0v) is 12.8. The van der Waals surface area contributed by atoms with E-state index in [9.17, 15) is 13.2 Å². The summed E-state index contributed by atoms with van der Waals surface area (Å²) in [6.07, 6.45) is -0.830. The van der Waals surface area contributed by atoms with Gasteiger partial charge in [-0.15, -0.1) is 0 Å². The summed E-state index contributed by atoms with van der Waals surface area (Å²) in [5.41, 5.74) is 2.69. The first kappa shape index (κ1) is 14.8. The molecule has 2 nitrogen and oxygen atoms in total. The van der Waals surface area contributed by atoms with Crippen LogP contribution in [0.4, 0.5) is 13.2 Å². The van der Waals surface area contributed by atoms with Crippen LogP contribution in [0.5, 0.6) is 0 Å². The summed E-state index contributed by atoms with van der Waals surface area (Å²) >= 11 is 0. The van der Waals surface area contributed by atoms with Gasteiger partial charge in [0.25, 0.3) is 0 Å². The average Bonchev–Trinajstić information content (AvgIpc) is 2.87. The molecule has 0 bridgehead atoms. The van der Waals surface area contributed by atoms with Gasteiger partial charge in [0.2, 0.25) is 0 Å². The van der Waals surface area contributed by atoms with E-state index in [1.165, 1.54) is 12.1 Å². The van der Waals surface area contributed by atoms with Gasteiger partial charge in [0.15, 0.2) is 0 Å². The Morgan fingerprint density at radius 1 is 0.875 bits per heavy atom. The van der Waals surface area contributed by atoms with Crippen molar-refractivity contribution >= 4 is 21.8 Å². The van der Waals surface area contributed by atoms with Crippen molar-refractivity contribution in [1.29, 1.82) is 0 Å². The van der Waals surface area contributed by atoms with Gasteiger partial charge in [-0.25, -0.2) is 0 Å². The van der Waals surface area contributed by atoms with E-state index in [1.807, 2.05) is 35.9 Å². The fourth-order valence-corrected chi connectivity index (χ4v) is 3.11. The van der Waals surface area contributed by atoms with Gasteiger partial charge in [-0.1, -0.05) is 18.2 Å². The van der Waals surface area contributed by atoms with E-state index in [0.29, 0.717) is 5.56 Å². The number of benzene rings is 2. The van der Waals surface area contributed by atoms with Crippen LogP contribution in [0.3, 0.4) is 0 Å². The van der Waals surface area contributed by atoms with Crippen molar-refractivity contribution in [2.24, 2.45) is 7.05 Å². The van der Waals surface area contributed by atoms with E-state index < -0.39 is 11.7 Å². The number of aryl methyl sites for hydroxylation is 1. The number of aromatic nitrogens is 2. The number of pyridine rings is 1. The van der Waals surface area contributed by atoms with Crippen molar-refractivity contribution in [2.45, 2.75) is 6.18 Å². The second-order valence-electron chi connectivity index (χ2n) is 5.76. The van der Waals surface area contributed by atoms with Crippen LogP contribution < -0.4 is 0 Å². The van der Waals surface area contributed by atoms with Gasteiger partial charge in [-0.05, 0) is 41.5 Å². The Labute approximate surface area is 136 Å². The maximum Gasteiger partial charge on any atom is 0.416 e. The van der Waals surface area contributed by atoms with Crippen LogP contribution in [0.25, 0.3) is 32.9 Å². The van der Waals surface area contributed by atoms with E-state index in [0.717, 1.165) is 33.4 Å². The highest BCUT2D eigenvalue weighted by Gasteiger charge is 2.30. The lowest BCUT2D eigenvalue weighted by Gasteiger charge is -2.09. The fourth-order valence-electron chi connectivity index (χ4n) is 3.11. The van der Waals surface area contributed by atoms with Crippen molar-refractivity contribution in [3.63, 3.8) is 0 Å². The Hall–Kier alpha value is -2.82. The third-order valence-electron chi connectivity index (χ3n) is 4.33. The van der Waals surface area contributed by atoms with Gasteiger partial charge in [-0.2, -0.15) is 13.2 Å². The molecule has 0 aliphatic heterocycles. The third kappa shape index (κ3) is 2.24. The van der Waals surface area contributed by atoms with Crippen molar-refractivity contribution in [3.05, 3.63) is 66.5 Å². The minimum Gasteiger partial charge on any atom is -0.342 e. The van der Waals surface area contributed by atoms with Gasteiger partial charge in [-0.3, -0.25) is 4.98 Å². The molecule has 0 amide bonds. The van der Waals surface area contributed by atoms with Gasteiger partial charge in [0.05, 0.1) is 17.3 Å². The molecule has 4 aromatic rings. The van der Waals surface area contributed by atoms with E-state index in [4.69, 9.17) is 0 Å². The maximum atomic E-state index is 12.9. The quantitative estimate of drug-likeness (QED) is 0.457. The summed E-state index contributed by atoms with van der Waals surface area (Å²) in [6, 6.07) is 13.1. The molecule has 24 heavy (non-hydrogen) atoms. The topological polar surface area (TPSA) is 17.8 Å². The van der Waals surface area contributed by atoms with E-state index >= 15 is 0 Å². The molecule has 120 valence electrons. The number of halogens is 3. The molecule has 0 spiro atoms. The average molecular weight is 326 g/mol. The molecule has 0 atom stereocenters. The number of alkyl halides is 3. The molecule has 0 aliphatic rings. The molecular formula is C19H13F3N2. The third-order valence-corrected chi connectivity index (χ3v) is 4.33. The summed E-state index contributed by atoms with van der Waals surface area (Å²) in [6.45, 7) is 0. The van der Waals surface area contributed by atoms with Crippen molar-refractivity contribution in [3.8, 4) is 11.1 Å². The number of rotatable bonds is 1. The second-order valence-corrected chi connectivity index (χ2v) is 5.76. The fraction of sp³-hybridized carbons (Fsp3) is 0.105. The van der Waals surface area contributed by atoms with Crippen LogP contribution in [0.15, 0.2) is 60.9 Å². The Balaban J connectivity index is 1.94. The molecule has 0 fully saturated rings. The van der Waals surface area contributed by atoms with E-state index in [-0.39, 0.29) is 0 Å². The SMILES string of the molecule is Cn1c2ccc(-c3cccc(C(F)(F)F)c3)cc2c2ccncc21. The highest BCUT2D eigenvalue weighted by Crippen LogP contribution is 2.34. The maximum absolute atomic E-state index is 12.9. The smallest absolute Gasteiger partial charge is 0.342 e. The first-order valence-electron chi connectivity index (χ1n) is 7.45. The molecule has 0 aliphatic carbocycles. The van der Waals surface area contributed by atoms with Crippen LogP contribution in [-0.4, -0.2) is 9.55 Å². The molecule has 5 heteroatoms. The number of hydrogen-bond donors (Lipinski definition) is 0. The van der Waals surface area contributed by atoms with Crippen LogP contribution >= 0.6 is 0 Å². The van der Waals surface area contributed by atoms with Gasteiger partial charge in [0, 0.05) is 29.5 Å². The predicted molar refractivity (Wildman–Crippen MR) is 88.7 cm³/mol. The lowest BCUT2D eigenvalue weighted by molar-refractivity contribution is -0.137. The Kier molecular flexibility index (Phi) is 3.13. The predicted octanol–water partition coefficient (Wildman–Crippen LogP) is 5.41. The minimum atomic E-state index is -4.34. The van der Waals surface area contributed by atoms with Gasteiger partial charge >= 0.3 is 6.18 Å². The normalized spacial score (nSPS) is 12.2. The van der Waals surface area contributed by atoms with Crippen molar-refractivity contribution in [2.75, 3.05) is 0 Å². The molecule has 0 unspecified atom stereocenters. The van der Waals surface area contributed by atoms with E-state index in [2.05, 4.69) is 4.98 Å². The summed E-state index contributed by atoms with van der Waals surface area (Å²) < 4.78 is 40.8. The molecule has 0 saturated heterocycles. The summed E-state index contributed by atoms with van der Waals surface area (Å²) in [7, 11) is 1.95. The zero-order chi connectivity index (χ0) is 16.9. The monoisotopic (exact) mass is 326 g/mol. The van der Waals surface area contributed by atoms with Crippen LogP contribution in [0.2, 0.25) is 0 Å². The highest BCUT2D eigenvalue weighted by molar-refractivity contribution is 6.08. The molecular weight excluding hydrogens is 313 g/mol. The van der Waals surface area contributed by atoms with Crippen LogP contribution in [0, 0.1) is 0 Å². The van der Waals surface area contributed by atoms with Crippen LogP contribution in [0.1, 0.15) is 5.56 Å². The Morgan fingerprint density at radius 2 is 1.67 bits per heavy atom. The summed E-state index contributed by atoms with van der Waals surface area (Å²) in [5.74, 6) is 0. The molecule has 4 rings (SSSR count). The number of fused-ring (bicyclic) bond motifs is 3. The summed E-state index contributed by atoms with van der Waals surface area (Å²) in [5, 5.41) is 2.04. The molecule has 2 aromatic carbocycles. The van der Waals surface area contributed by atoms with Gasteiger partial charge in [0.1, 0.15) is 0 Å². The molecule has 2 aromatic heterocycles.